The van der Waals surface area contributed by atoms with E-state index >= 15 is 0 Å². The number of hydrogen-bond donors (Lipinski definition) is 1. The molecule has 0 aromatic rings. The average molecular weight is 175 g/mol. The molecule has 62 valence electrons. The second-order valence-corrected chi connectivity index (χ2v) is 3.65. The third kappa shape index (κ3) is 1.42. The fourth-order valence-corrected chi connectivity index (χ4v) is 2.15. The fraction of sp³-hybridized carbons (Fsp3) is 0.500. The summed E-state index contributed by atoms with van der Waals surface area (Å²) in [4.78, 5) is 11.0. The van der Waals surface area contributed by atoms with Crippen LogP contribution in [0.15, 0.2) is 10.6 Å². The van der Waals surface area contributed by atoms with Gasteiger partial charge >= 0.3 is 5.97 Å². The molecule has 0 amide bonds. The maximum Gasteiger partial charge on any atom is 0.348 e. The maximum atomic E-state index is 11.1. The van der Waals surface area contributed by atoms with Gasteiger partial charge in [0.2, 0.25) is 0 Å². The van der Waals surface area contributed by atoms with E-state index in [0.29, 0.717) is 17.9 Å². The topological polar surface area (TPSA) is 69.4 Å². The van der Waals surface area contributed by atoms with E-state index in [4.69, 9.17) is 5.73 Å². The molecule has 0 saturated carbocycles. The second kappa shape index (κ2) is 3.04. The Labute approximate surface area is 66.9 Å². The summed E-state index contributed by atoms with van der Waals surface area (Å²) in [5, 5.41) is 0. The van der Waals surface area contributed by atoms with Gasteiger partial charge in [0.1, 0.15) is 4.91 Å². The Morgan fingerprint density at radius 1 is 1.73 bits per heavy atom. The van der Waals surface area contributed by atoms with Crippen LogP contribution in [-0.2, 0) is 20.3 Å². The Balaban J connectivity index is 2.92. The van der Waals surface area contributed by atoms with Gasteiger partial charge in [0.05, 0.1) is 17.9 Å². The highest BCUT2D eigenvalue weighted by Crippen LogP contribution is 2.19. The molecule has 1 aliphatic heterocycles. The minimum atomic E-state index is -1.24. The molecule has 1 rings (SSSR count). The molecule has 1 atom stereocenters. The predicted molar refractivity (Wildman–Crippen MR) is 40.9 cm³/mol. The van der Waals surface area contributed by atoms with Crippen LogP contribution in [0.3, 0.4) is 0 Å². The minimum absolute atomic E-state index is 0.146. The highest BCUT2D eigenvalue weighted by molar-refractivity contribution is 7.90. The Bertz CT molecular complexity index is 246. The molecule has 5 heteroatoms. The van der Waals surface area contributed by atoms with Crippen LogP contribution >= 0.6 is 0 Å². The van der Waals surface area contributed by atoms with Crippen molar-refractivity contribution < 1.29 is 13.7 Å². The highest BCUT2D eigenvalue weighted by Gasteiger charge is 2.26. The summed E-state index contributed by atoms with van der Waals surface area (Å²) >= 11 is 0. The van der Waals surface area contributed by atoms with Gasteiger partial charge in [-0.2, -0.15) is 0 Å². The van der Waals surface area contributed by atoms with Gasteiger partial charge in [0.15, 0.2) is 0 Å². The molecule has 1 unspecified atom stereocenters. The maximum absolute atomic E-state index is 11.1. The zero-order valence-electron chi connectivity index (χ0n) is 6.12. The number of ether oxygens (including phenoxy) is 1. The molecular weight excluding hydrogens is 166 g/mol. The van der Waals surface area contributed by atoms with E-state index in [1.165, 1.54) is 7.11 Å². The van der Waals surface area contributed by atoms with Gasteiger partial charge in [-0.05, 0) is 0 Å². The third-order valence-electron chi connectivity index (χ3n) is 1.45. The molecule has 0 spiro atoms. The van der Waals surface area contributed by atoms with E-state index < -0.39 is 16.8 Å². The predicted octanol–water partition coefficient (Wildman–Crippen LogP) is -0.518. The smallest absolute Gasteiger partial charge is 0.348 e. The molecule has 2 N–H and O–H groups in total. The van der Waals surface area contributed by atoms with Crippen LogP contribution in [0, 0.1) is 0 Å². The Morgan fingerprint density at radius 2 is 2.36 bits per heavy atom. The molecule has 11 heavy (non-hydrogen) atoms. The zero-order chi connectivity index (χ0) is 8.43. The van der Waals surface area contributed by atoms with Gasteiger partial charge in [0.25, 0.3) is 0 Å². The first kappa shape index (κ1) is 8.26. The summed E-state index contributed by atoms with van der Waals surface area (Å²) in [6.07, 6.45) is 0.525. The van der Waals surface area contributed by atoms with E-state index in [9.17, 15) is 9.00 Å². The summed E-state index contributed by atoms with van der Waals surface area (Å²) < 4.78 is 15.5. The van der Waals surface area contributed by atoms with Crippen molar-refractivity contribution in [2.45, 2.75) is 6.42 Å². The lowest BCUT2D eigenvalue weighted by molar-refractivity contribution is -0.135. The Kier molecular flexibility index (Phi) is 2.28. The van der Waals surface area contributed by atoms with E-state index in [0.717, 1.165) is 0 Å². The second-order valence-electron chi connectivity index (χ2n) is 2.15. The van der Waals surface area contributed by atoms with E-state index in [1.807, 2.05) is 0 Å². The first-order chi connectivity index (χ1) is 5.16. The summed E-state index contributed by atoms with van der Waals surface area (Å²) in [6.45, 7) is 0. The molecule has 0 aromatic carbocycles. The molecule has 0 saturated heterocycles. The standard InChI is InChI=1S/C6H9NO3S/c1-10-6(8)5-4(7)2-3-11(5)9/h2-3,7H2,1H3. The average Bonchev–Trinajstić information content (AvgIpc) is 2.30. The molecule has 0 aliphatic carbocycles. The van der Waals surface area contributed by atoms with Crippen LogP contribution in [0.4, 0.5) is 0 Å². The largest absolute Gasteiger partial charge is 0.465 e. The van der Waals surface area contributed by atoms with Crippen LogP contribution in [0.5, 0.6) is 0 Å². The zero-order valence-corrected chi connectivity index (χ0v) is 6.94. The monoisotopic (exact) mass is 175 g/mol. The molecule has 1 aliphatic rings. The number of hydrogen-bond acceptors (Lipinski definition) is 4. The van der Waals surface area contributed by atoms with E-state index in [-0.39, 0.29) is 4.91 Å². The van der Waals surface area contributed by atoms with Crippen LogP contribution in [0.1, 0.15) is 6.42 Å². The SMILES string of the molecule is COC(=O)C1=C(N)CCS1=O. The molecule has 0 bridgehead atoms. The lowest BCUT2D eigenvalue weighted by Crippen LogP contribution is -2.11. The van der Waals surface area contributed by atoms with Gasteiger partial charge in [-0.1, -0.05) is 0 Å². The number of carbonyl (C=O) groups excluding carboxylic acids is 1. The first-order valence-corrected chi connectivity index (χ1v) is 4.44. The van der Waals surface area contributed by atoms with Crippen molar-refractivity contribution >= 4 is 16.8 Å². The van der Waals surface area contributed by atoms with Crippen molar-refractivity contribution in [1.29, 1.82) is 0 Å². The first-order valence-electron chi connectivity index (χ1n) is 3.12. The van der Waals surface area contributed by atoms with Crippen LogP contribution in [-0.4, -0.2) is 23.0 Å². The van der Waals surface area contributed by atoms with Crippen molar-refractivity contribution in [3.8, 4) is 0 Å². The number of esters is 1. The summed E-state index contributed by atoms with van der Waals surface area (Å²) in [6, 6.07) is 0. The summed E-state index contributed by atoms with van der Waals surface area (Å²) in [5.74, 6) is -0.130. The van der Waals surface area contributed by atoms with E-state index in [1.54, 1.807) is 0 Å². The van der Waals surface area contributed by atoms with Crippen molar-refractivity contribution in [3.05, 3.63) is 10.6 Å². The van der Waals surface area contributed by atoms with E-state index in [2.05, 4.69) is 4.74 Å². The van der Waals surface area contributed by atoms with Gasteiger partial charge in [-0.15, -0.1) is 0 Å². The molecular formula is C6H9NO3S. The fourth-order valence-electron chi connectivity index (χ4n) is 0.881. The normalized spacial score (nSPS) is 23.9. The number of methoxy groups -OCH3 is 1. The van der Waals surface area contributed by atoms with Crippen LogP contribution in [0.2, 0.25) is 0 Å². The lowest BCUT2D eigenvalue weighted by Gasteiger charge is -1.98. The summed E-state index contributed by atoms with van der Waals surface area (Å²) in [7, 11) is 0.00755. The van der Waals surface area contributed by atoms with Crippen molar-refractivity contribution in [1.82, 2.24) is 0 Å². The minimum Gasteiger partial charge on any atom is -0.465 e. The van der Waals surface area contributed by atoms with Gasteiger partial charge in [0, 0.05) is 17.9 Å². The van der Waals surface area contributed by atoms with Crippen molar-refractivity contribution in [2.24, 2.45) is 5.73 Å². The molecule has 1 heterocycles. The third-order valence-corrected chi connectivity index (χ3v) is 2.91. The van der Waals surface area contributed by atoms with Gasteiger partial charge in [-0.3, -0.25) is 4.21 Å². The highest BCUT2D eigenvalue weighted by atomic mass is 32.2. The Hall–Kier alpha value is -0.840. The molecule has 4 nitrogen and oxygen atoms in total. The molecule has 0 aromatic heterocycles. The van der Waals surface area contributed by atoms with Crippen LogP contribution < -0.4 is 5.73 Å². The molecule has 0 radical (unpaired) electrons. The van der Waals surface area contributed by atoms with Gasteiger partial charge < -0.3 is 10.5 Å². The van der Waals surface area contributed by atoms with Crippen LogP contribution in [0.25, 0.3) is 0 Å². The Morgan fingerprint density at radius 3 is 2.73 bits per heavy atom. The number of rotatable bonds is 1. The lowest BCUT2D eigenvalue weighted by atomic mass is 10.3. The summed E-state index contributed by atoms with van der Waals surface area (Å²) in [5.41, 5.74) is 5.83. The van der Waals surface area contributed by atoms with Gasteiger partial charge in [-0.25, -0.2) is 4.79 Å². The van der Waals surface area contributed by atoms with Crippen molar-refractivity contribution in [3.63, 3.8) is 0 Å². The quantitative estimate of drug-likeness (QED) is 0.544. The molecule has 0 fully saturated rings. The number of allylic oxidation sites excluding steroid dienone is 1. The number of carbonyl (C=O) groups is 1. The van der Waals surface area contributed by atoms with Crippen molar-refractivity contribution in [2.75, 3.05) is 12.9 Å². The number of nitrogens with two attached hydrogens (primary N) is 1.